The number of carbonyl (C=O) groups is 2. The fourth-order valence-electron chi connectivity index (χ4n) is 3.56. The lowest BCUT2D eigenvalue weighted by Gasteiger charge is -2.28. The molecule has 5 nitrogen and oxygen atoms in total. The number of hydrogen-bond donors (Lipinski definition) is 3. The van der Waals surface area contributed by atoms with Gasteiger partial charge in [0.2, 0.25) is 11.8 Å². The van der Waals surface area contributed by atoms with E-state index in [1.165, 1.54) is 11.1 Å². The zero-order valence-corrected chi connectivity index (χ0v) is 17.8. The number of hydrogen-bond acceptors (Lipinski definition) is 4. The van der Waals surface area contributed by atoms with Crippen molar-refractivity contribution >= 4 is 23.6 Å². The Balaban J connectivity index is 1.62. The SMILES string of the molecule is CSCC[C@H](NC(=O)[C@@H]1Cc2ccccc2CN1)C(=O)N[C@@H](C)c1ccccc1. The molecule has 1 aliphatic heterocycles. The van der Waals surface area contributed by atoms with Crippen LogP contribution in [0.3, 0.4) is 0 Å². The van der Waals surface area contributed by atoms with Crippen LogP contribution in [0.15, 0.2) is 54.6 Å². The van der Waals surface area contributed by atoms with Crippen molar-refractivity contribution in [3.63, 3.8) is 0 Å². The van der Waals surface area contributed by atoms with Gasteiger partial charge in [-0.05, 0) is 48.5 Å². The van der Waals surface area contributed by atoms with Gasteiger partial charge in [-0.1, -0.05) is 54.6 Å². The molecule has 2 amide bonds. The average molecular weight is 412 g/mol. The number of thioether (sulfide) groups is 1. The van der Waals surface area contributed by atoms with Gasteiger partial charge in [0, 0.05) is 6.54 Å². The molecule has 2 aromatic rings. The van der Waals surface area contributed by atoms with Crippen molar-refractivity contribution in [3.8, 4) is 0 Å². The van der Waals surface area contributed by atoms with Gasteiger partial charge in [0.25, 0.3) is 0 Å². The highest BCUT2D eigenvalue weighted by molar-refractivity contribution is 7.98. The lowest BCUT2D eigenvalue weighted by atomic mass is 9.95. The third-order valence-corrected chi connectivity index (χ3v) is 5.94. The molecule has 1 aliphatic rings. The molecule has 0 aliphatic carbocycles. The second kappa shape index (κ2) is 10.5. The zero-order chi connectivity index (χ0) is 20.6. The first-order valence-electron chi connectivity index (χ1n) is 10.0. The van der Waals surface area contributed by atoms with Crippen molar-refractivity contribution in [2.75, 3.05) is 12.0 Å². The van der Waals surface area contributed by atoms with Crippen LogP contribution >= 0.6 is 11.8 Å². The van der Waals surface area contributed by atoms with Crippen LogP contribution in [0, 0.1) is 0 Å². The van der Waals surface area contributed by atoms with E-state index >= 15 is 0 Å². The zero-order valence-electron chi connectivity index (χ0n) is 17.0. The van der Waals surface area contributed by atoms with Crippen LogP contribution < -0.4 is 16.0 Å². The minimum atomic E-state index is -0.542. The molecule has 0 radical (unpaired) electrons. The monoisotopic (exact) mass is 411 g/mol. The van der Waals surface area contributed by atoms with Crippen molar-refractivity contribution in [3.05, 3.63) is 71.3 Å². The molecule has 0 aromatic heterocycles. The second-order valence-electron chi connectivity index (χ2n) is 7.39. The predicted molar refractivity (Wildman–Crippen MR) is 119 cm³/mol. The van der Waals surface area contributed by atoms with E-state index in [0.29, 0.717) is 19.4 Å². The van der Waals surface area contributed by atoms with E-state index in [1.807, 2.05) is 55.6 Å². The summed E-state index contributed by atoms with van der Waals surface area (Å²) in [6.45, 7) is 2.63. The van der Waals surface area contributed by atoms with E-state index in [0.717, 1.165) is 11.3 Å². The number of rotatable bonds is 8. The van der Waals surface area contributed by atoms with Crippen molar-refractivity contribution in [1.82, 2.24) is 16.0 Å². The number of amides is 2. The Hall–Kier alpha value is -2.31. The van der Waals surface area contributed by atoms with E-state index in [1.54, 1.807) is 11.8 Å². The maximum absolute atomic E-state index is 12.9. The van der Waals surface area contributed by atoms with Crippen LogP contribution in [0.2, 0.25) is 0 Å². The minimum absolute atomic E-state index is 0.114. The van der Waals surface area contributed by atoms with Gasteiger partial charge in [-0.3, -0.25) is 9.59 Å². The molecule has 0 saturated heterocycles. The number of benzene rings is 2. The number of fused-ring (bicyclic) bond motifs is 1. The lowest BCUT2D eigenvalue weighted by Crippen LogP contribution is -2.54. The standard InChI is InChI=1S/C23H29N3O2S/c1-16(17-8-4-3-5-9-17)25-22(27)20(12-13-29-2)26-23(28)21-14-18-10-6-7-11-19(18)15-24-21/h3-11,16,20-21,24H,12-15H2,1-2H3,(H,25,27)(H,26,28)/t16-,20-,21-/m0/s1. The summed E-state index contributed by atoms with van der Waals surface area (Å²) in [7, 11) is 0. The van der Waals surface area contributed by atoms with Gasteiger partial charge in [-0.25, -0.2) is 0 Å². The predicted octanol–water partition coefficient (Wildman–Crippen LogP) is 2.82. The van der Waals surface area contributed by atoms with Gasteiger partial charge >= 0.3 is 0 Å². The first kappa shape index (κ1) is 21.4. The molecule has 0 spiro atoms. The Kier molecular flexibility index (Phi) is 7.72. The molecular formula is C23H29N3O2S. The lowest BCUT2D eigenvalue weighted by molar-refractivity contribution is -0.130. The van der Waals surface area contributed by atoms with Crippen molar-refractivity contribution in [2.45, 2.75) is 44.4 Å². The van der Waals surface area contributed by atoms with E-state index < -0.39 is 6.04 Å². The molecule has 0 saturated carbocycles. The van der Waals surface area contributed by atoms with Crippen LogP contribution in [-0.2, 0) is 22.6 Å². The Morgan fingerprint density at radius 1 is 1.07 bits per heavy atom. The van der Waals surface area contributed by atoms with E-state index in [9.17, 15) is 9.59 Å². The third-order valence-electron chi connectivity index (χ3n) is 5.30. The topological polar surface area (TPSA) is 70.2 Å². The molecule has 3 N–H and O–H groups in total. The Morgan fingerprint density at radius 3 is 2.48 bits per heavy atom. The van der Waals surface area contributed by atoms with Gasteiger partial charge in [0.1, 0.15) is 6.04 Å². The molecule has 3 atom stereocenters. The highest BCUT2D eigenvalue weighted by Gasteiger charge is 2.28. The summed E-state index contributed by atoms with van der Waals surface area (Å²) < 4.78 is 0. The number of carbonyl (C=O) groups excluding carboxylic acids is 2. The molecule has 6 heteroatoms. The summed E-state index contributed by atoms with van der Waals surface area (Å²) in [5.41, 5.74) is 3.46. The highest BCUT2D eigenvalue weighted by atomic mass is 32.2. The molecular weight excluding hydrogens is 382 g/mol. The van der Waals surface area contributed by atoms with Crippen molar-refractivity contribution in [1.29, 1.82) is 0 Å². The van der Waals surface area contributed by atoms with E-state index in [2.05, 4.69) is 28.1 Å². The summed E-state index contributed by atoms with van der Waals surface area (Å²) in [6, 6.07) is 17.0. The van der Waals surface area contributed by atoms with Gasteiger partial charge in [0.05, 0.1) is 12.1 Å². The second-order valence-corrected chi connectivity index (χ2v) is 8.38. The molecule has 29 heavy (non-hydrogen) atoms. The highest BCUT2D eigenvalue weighted by Crippen LogP contribution is 2.17. The number of nitrogens with one attached hydrogen (secondary N) is 3. The molecule has 0 fully saturated rings. The maximum atomic E-state index is 12.9. The maximum Gasteiger partial charge on any atom is 0.243 e. The first-order valence-corrected chi connectivity index (χ1v) is 11.4. The van der Waals surface area contributed by atoms with Crippen LogP contribution in [0.1, 0.15) is 36.1 Å². The Morgan fingerprint density at radius 2 is 1.76 bits per heavy atom. The average Bonchev–Trinajstić information content (AvgIpc) is 2.76. The molecule has 154 valence electrons. The van der Waals surface area contributed by atoms with Gasteiger partial charge in [-0.15, -0.1) is 0 Å². The summed E-state index contributed by atoms with van der Waals surface area (Å²) in [5.74, 6) is 0.548. The van der Waals surface area contributed by atoms with E-state index in [-0.39, 0.29) is 23.9 Å². The summed E-state index contributed by atoms with van der Waals surface area (Å²) in [4.78, 5) is 25.8. The minimum Gasteiger partial charge on any atom is -0.348 e. The summed E-state index contributed by atoms with van der Waals surface area (Å²) in [5, 5.41) is 9.32. The first-order chi connectivity index (χ1) is 14.1. The quantitative estimate of drug-likeness (QED) is 0.625. The van der Waals surface area contributed by atoms with Crippen molar-refractivity contribution in [2.24, 2.45) is 0 Å². The van der Waals surface area contributed by atoms with Crippen molar-refractivity contribution < 1.29 is 9.59 Å². The van der Waals surface area contributed by atoms with Gasteiger partial charge in [0.15, 0.2) is 0 Å². The van der Waals surface area contributed by atoms with E-state index in [4.69, 9.17) is 0 Å². The van der Waals surface area contributed by atoms with Crippen LogP contribution in [-0.4, -0.2) is 35.9 Å². The normalized spacial score (nSPS) is 17.7. The van der Waals surface area contributed by atoms with Gasteiger partial charge < -0.3 is 16.0 Å². The fraction of sp³-hybridized carbons (Fsp3) is 0.391. The third kappa shape index (κ3) is 5.84. The van der Waals surface area contributed by atoms with Gasteiger partial charge in [-0.2, -0.15) is 11.8 Å². The Bertz CT molecular complexity index is 828. The molecule has 1 heterocycles. The largest absolute Gasteiger partial charge is 0.348 e. The molecule has 0 bridgehead atoms. The van der Waals surface area contributed by atoms with Crippen LogP contribution in [0.25, 0.3) is 0 Å². The summed E-state index contributed by atoms with van der Waals surface area (Å²) in [6.07, 6.45) is 3.24. The van der Waals surface area contributed by atoms with Crippen LogP contribution in [0.4, 0.5) is 0 Å². The fourth-order valence-corrected chi connectivity index (χ4v) is 4.03. The summed E-state index contributed by atoms with van der Waals surface area (Å²) >= 11 is 1.67. The van der Waals surface area contributed by atoms with Crippen LogP contribution in [0.5, 0.6) is 0 Å². The smallest absolute Gasteiger partial charge is 0.243 e. The molecule has 2 aromatic carbocycles. The Labute approximate surface area is 177 Å². The molecule has 3 rings (SSSR count). The molecule has 0 unspecified atom stereocenters.